The number of hydrogen-bond donors (Lipinski definition) is 2. The summed E-state index contributed by atoms with van der Waals surface area (Å²) in [5.74, 6) is 1.30. The number of aldehydes is 1. The van der Waals surface area contributed by atoms with Gasteiger partial charge in [0.2, 0.25) is 0 Å². The summed E-state index contributed by atoms with van der Waals surface area (Å²) in [6.07, 6.45) is 11.8. The zero-order valence-corrected chi connectivity index (χ0v) is 19.7. The van der Waals surface area contributed by atoms with E-state index in [1.807, 2.05) is 13.8 Å². The van der Waals surface area contributed by atoms with Crippen molar-refractivity contribution in [3.05, 3.63) is 11.6 Å². The maximum Gasteiger partial charge on any atom is 0.123 e. The van der Waals surface area contributed by atoms with Gasteiger partial charge in [0.15, 0.2) is 0 Å². The van der Waals surface area contributed by atoms with E-state index in [2.05, 4.69) is 19.9 Å². The molecule has 5 unspecified atom stereocenters. The average molecular weight is 427 g/mol. The molecule has 29 heavy (non-hydrogen) atoms. The van der Waals surface area contributed by atoms with Crippen LogP contribution in [0, 0.1) is 29.6 Å². The Hall–Kier alpha value is -0.380. The van der Waals surface area contributed by atoms with Gasteiger partial charge < -0.3 is 15.0 Å². The van der Waals surface area contributed by atoms with Crippen LogP contribution in [0.4, 0.5) is 0 Å². The molecule has 0 heterocycles. The van der Waals surface area contributed by atoms with E-state index in [-0.39, 0.29) is 23.3 Å². The van der Waals surface area contributed by atoms with E-state index in [1.165, 1.54) is 11.9 Å². The van der Waals surface area contributed by atoms with Crippen LogP contribution in [0.3, 0.4) is 0 Å². The summed E-state index contributed by atoms with van der Waals surface area (Å²) in [6.45, 7) is 8.49. The van der Waals surface area contributed by atoms with Crippen molar-refractivity contribution in [2.45, 2.75) is 109 Å². The van der Waals surface area contributed by atoms with Crippen molar-refractivity contribution >= 4 is 17.9 Å². The van der Waals surface area contributed by atoms with Crippen LogP contribution in [0.1, 0.15) is 91.9 Å². The predicted molar refractivity (Wildman–Crippen MR) is 121 cm³/mol. The number of halogens is 1. The molecule has 4 heteroatoms. The van der Waals surface area contributed by atoms with Crippen molar-refractivity contribution in [3.8, 4) is 0 Å². The molecule has 2 aliphatic rings. The molecule has 0 bridgehead atoms. The smallest absolute Gasteiger partial charge is 0.123 e. The molecule has 0 aromatic heterocycles. The fourth-order valence-electron chi connectivity index (χ4n) is 5.51. The van der Waals surface area contributed by atoms with Gasteiger partial charge in [-0.2, -0.15) is 0 Å². The van der Waals surface area contributed by atoms with Crippen LogP contribution in [-0.4, -0.2) is 33.6 Å². The van der Waals surface area contributed by atoms with E-state index in [0.29, 0.717) is 17.8 Å². The van der Waals surface area contributed by atoms with Crippen molar-refractivity contribution < 1.29 is 15.0 Å². The second-order valence-corrected chi connectivity index (χ2v) is 11.0. The number of aliphatic hydroxyl groups excluding tert-OH is 1. The molecule has 1 fully saturated rings. The highest BCUT2D eigenvalue weighted by Gasteiger charge is 2.39. The minimum Gasteiger partial charge on any atom is -0.393 e. The van der Waals surface area contributed by atoms with Crippen LogP contribution in [0.5, 0.6) is 0 Å². The molecular weight excluding hydrogens is 384 g/mol. The Morgan fingerprint density at radius 1 is 1.14 bits per heavy atom. The van der Waals surface area contributed by atoms with Crippen LogP contribution >= 0.6 is 11.6 Å². The Morgan fingerprint density at radius 2 is 1.86 bits per heavy atom. The molecule has 0 saturated heterocycles. The first-order valence-corrected chi connectivity index (χ1v) is 12.3. The van der Waals surface area contributed by atoms with Gasteiger partial charge in [-0.15, -0.1) is 11.6 Å². The van der Waals surface area contributed by atoms with Gasteiger partial charge in [0, 0.05) is 11.3 Å². The van der Waals surface area contributed by atoms with Gasteiger partial charge in [-0.25, -0.2) is 0 Å². The normalized spacial score (nSPS) is 31.8. The summed E-state index contributed by atoms with van der Waals surface area (Å²) in [6, 6.07) is 0. The van der Waals surface area contributed by atoms with E-state index in [4.69, 9.17) is 11.6 Å². The highest BCUT2D eigenvalue weighted by atomic mass is 35.5. The number of allylic oxidation sites excluding steroid dienone is 1. The summed E-state index contributed by atoms with van der Waals surface area (Å²) in [5, 5.41) is 21.9. The molecule has 1 saturated carbocycles. The number of aliphatic hydroxyl groups is 2. The van der Waals surface area contributed by atoms with Gasteiger partial charge >= 0.3 is 0 Å². The monoisotopic (exact) mass is 426 g/mol. The predicted octanol–water partition coefficient (Wildman–Crippen LogP) is 5.90. The number of carbonyl (C=O) groups excluding carboxylic acids is 1. The van der Waals surface area contributed by atoms with Crippen molar-refractivity contribution in [3.63, 3.8) is 0 Å². The fourth-order valence-corrected chi connectivity index (χ4v) is 5.71. The Kier molecular flexibility index (Phi) is 9.70. The molecule has 0 amide bonds. The summed E-state index contributed by atoms with van der Waals surface area (Å²) in [7, 11) is 0. The molecule has 0 spiro atoms. The Bertz CT molecular complexity index is 544. The molecule has 3 nitrogen and oxygen atoms in total. The van der Waals surface area contributed by atoms with Crippen LogP contribution in [0.25, 0.3) is 0 Å². The van der Waals surface area contributed by atoms with Crippen molar-refractivity contribution in [1.82, 2.24) is 0 Å². The lowest BCUT2D eigenvalue weighted by Crippen LogP contribution is -2.33. The summed E-state index contributed by atoms with van der Waals surface area (Å²) in [5.41, 5.74) is 0.471. The van der Waals surface area contributed by atoms with Gasteiger partial charge in [0.05, 0.1) is 11.7 Å². The van der Waals surface area contributed by atoms with Gasteiger partial charge in [0.1, 0.15) is 6.29 Å². The largest absolute Gasteiger partial charge is 0.393 e. The molecule has 2 aliphatic carbocycles. The lowest BCUT2D eigenvalue weighted by atomic mass is 9.71. The SMILES string of the molecule is CC(C)C(O)CC[C@H](C(C)C)C(C=O)C1CCCC(O)(C2=CCC(Cl)CC2)CC1. The first kappa shape index (κ1) is 24.9. The van der Waals surface area contributed by atoms with Crippen molar-refractivity contribution in [1.29, 1.82) is 0 Å². The van der Waals surface area contributed by atoms with E-state index in [1.54, 1.807) is 0 Å². The van der Waals surface area contributed by atoms with Gasteiger partial charge in [0.25, 0.3) is 0 Å². The zero-order valence-electron chi connectivity index (χ0n) is 18.9. The topological polar surface area (TPSA) is 57.5 Å². The molecule has 2 N–H and O–H groups in total. The lowest BCUT2D eigenvalue weighted by Gasteiger charge is -2.35. The van der Waals surface area contributed by atoms with E-state index < -0.39 is 5.60 Å². The Balaban J connectivity index is 2.05. The molecule has 6 atom stereocenters. The molecule has 0 radical (unpaired) electrons. The standard InChI is InChI=1S/C25H43ClO3/c1-17(2)22(11-12-24(28)18(3)4)23(16-27)19-6-5-14-25(29,15-13-19)20-7-9-21(26)10-8-20/h7,16-19,21-24,28-29H,5-6,8-15H2,1-4H3/t19?,21?,22-,23?,24?,25?/m1/s1. The maximum absolute atomic E-state index is 12.2. The number of hydrogen-bond acceptors (Lipinski definition) is 3. The van der Waals surface area contributed by atoms with E-state index in [9.17, 15) is 15.0 Å². The number of carbonyl (C=O) groups is 1. The van der Waals surface area contributed by atoms with E-state index >= 15 is 0 Å². The third-order valence-corrected chi connectivity index (χ3v) is 8.05. The minimum atomic E-state index is -0.708. The first-order chi connectivity index (χ1) is 13.7. The second-order valence-electron chi connectivity index (χ2n) is 10.3. The molecule has 0 aromatic rings. The Labute approximate surface area is 183 Å². The van der Waals surface area contributed by atoms with Crippen LogP contribution in [-0.2, 0) is 4.79 Å². The highest BCUT2D eigenvalue weighted by molar-refractivity contribution is 6.20. The fraction of sp³-hybridized carbons (Fsp3) is 0.880. The molecule has 0 aliphatic heterocycles. The third-order valence-electron chi connectivity index (χ3n) is 7.66. The maximum atomic E-state index is 12.2. The highest BCUT2D eigenvalue weighted by Crippen LogP contribution is 2.43. The van der Waals surface area contributed by atoms with Gasteiger partial charge in [-0.05, 0) is 93.5 Å². The Morgan fingerprint density at radius 3 is 2.41 bits per heavy atom. The summed E-state index contributed by atoms with van der Waals surface area (Å²) < 4.78 is 0. The first-order valence-electron chi connectivity index (χ1n) is 11.9. The van der Waals surface area contributed by atoms with Gasteiger partial charge in [-0.3, -0.25) is 0 Å². The lowest BCUT2D eigenvalue weighted by molar-refractivity contribution is -0.115. The second kappa shape index (κ2) is 11.3. The third kappa shape index (κ3) is 6.80. The minimum absolute atomic E-state index is 0.0178. The van der Waals surface area contributed by atoms with Crippen LogP contribution in [0.2, 0.25) is 0 Å². The zero-order chi connectivity index (χ0) is 21.6. The van der Waals surface area contributed by atoms with E-state index in [0.717, 1.165) is 64.2 Å². The molecule has 0 aromatic carbocycles. The van der Waals surface area contributed by atoms with Gasteiger partial charge in [-0.1, -0.05) is 33.8 Å². The van der Waals surface area contributed by atoms with Crippen LogP contribution in [0.15, 0.2) is 11.6 Å². The van der Waals surface area contributed by atoms with Crippen LogP contribution < -0.4 is 0 Å². The van der Waals surface area contributed by atoms with Crippen molar-refractivity contribution in [2.75, 3.05) is 0 Å². The number of alkyl halides is 1. The molecule has 2 rings (SSSR count). The summed E-state index contributed by atoms with van der Waals surface area (Å²) in [4.78, 5) is 12.2. The molecule has 168 valence electrons. The average Bonchev–Trinajstić information content (AvgIpc) is 2.87. The molecular formula is C25H43ClO3. The quantitative estimate of drug-likeness (QED) is 0.209. The summed E-state index contributed by atoms with van der Waals surface area (Å²) >= 11 is 6.23. The van der Waals surface area contributed by atoms with Crippen molar-refractivity contribution in [2.24, 2.45) is 29.6 Å². The number of rotatable bonds is 9.